The monoisotopic (exact) mass is 1280 g/mol. The van der Waals surface area contributed by atoms with Crippen LogP contribution >= 0.6 is 12.6 Å². The summed E-state index contributed by atoms with van der Waals surface area (Å²) < 4.78 is 0. The van der Waals surface area contributed by atoms with Crippen LogP contribution in [0.5, 0.6) is 0 Å². The van der Waals surface area contributed by atoms with Crippen molar-refractivity contribution in [1.29, 1.82) is 0 Å². The van der Waals surface area contributed by atoms with Crippen LogP contribution in [-0.2, 0) is 71.9 Å². The maximum absolute atomic E-state index is 14.0. The first kappa shape index (κ1) is 79.5. The van der Waals surface area contributed by atoms with Gasteiger partial charge in [0.2, 0.25) is 70.9 Å². The van der Waals surface area contributed by atoms with Gasteiger partial charge >= 0.3 is 17.9 Å². The Kier molecular flexibility index (Phi) is 36.9. The number of nitrogens with one attached hydrogen (secondary N) is 10. The first-order valence-corrected chi connectivity index (χ1v) is 28.7. The standard InChI is InChI=1S/C51H89N17O19S/c1-22(2)18-26(53)41(77)59-24(5)40(76)60-27(10-7-8-16-52)42(78)62-30(13-15-36(72)73)45(81)64-31(19-35(55)71)47(83)67-38(23(3)4)48(84)68-39(25(6)69)49(85)63-29(12-14-34(54)70)44(80)65-32(20-37(74)75)46(82)61-28(11-9-17-58-51(56)57)43(79)66-33(21-88)50(86)87/h22-33,38-39,69,88H,7-21,52-53H2,1-6H3,(H2,54,70)(H2,55,71)(H,59,77)(H,60,76)(H,61,82)(H,62,78)(H,63,85)(H,64,81)(H,65,80)(H,66,79)(H,67,83)(H,68,84)(H,72,73)(H,74,75)(H,86,87)(H4,56,57,58)/t24-,25+,26-,27-,28-,29-,30-,31-,32-,33-,38-,39-/m0/s1. The Labute approximate surface area is 512 Å². The summed E-state index contributed by atoms with van der Waals surface area (Å²) in [6.45, 7) is 8.91. The summed E-state index contributed by atoms with van der Waals surface area (Å²) in [6.07, 6.45) is -6.02. The van der Waals surface area contributed by atoms with Gasteiger partial charge in [0.15, 0.2) is 5.96 Å². The molecule has 0 saturated heterocycles. The molecule has 0 saturated carbocycles. The molecule has 0 aliphatic heterocycles. The van der Waals surface area contributed by atoms with Gasteiger partial charge < -0.3 is 108 Å². The maximum Gasteiger partial charge on any atom is 0.327 e. The van der Waals surface area contributed by atoms with Gasteiger partial charge in [-0.25, -0.2) is 4.79 Å². The van der Waals surface area contributed by atoms with Crippen LogP contribution in [0.25, 0.3) is 0 Å². The van der Waals surface area contributed by atoms with E-state index in [1.54, 1.807) is 0 Å². The molecule has 0 aromatic heterocycles. The van der Waals surface area contributed by atoms with Gasteiger partial charge in [0.1, 0.15) is 60.4 Å². The Bertz CT molecular complexity index is 2480. The highest BCUT2D eigenvalue weighted by atomic mass is 32.1. The van der Waals surface area contributed by atoms with E-state index in [-0.39, 0.29) is 50.7 Å². The zero-order valence-corrected chi connectivity index (χ0v) is 50.9. The van der Waals surface area contributed by atoms with Gasteiger partial charge in [-0.05, 0) is 83.6 Å². The van der Waals surface area contributed by atoms with Crippen LogP contribution in [0.4, 0.5) is 0 Å². The molecule has 37 heteroatoms. The molecule has 0 unspecified atom stereocenters. The van der Waals surface area contributed by atoms with E-state index in [0.717, 1.165) is 6.92 Å². The van der Waals surface area contributed by atoms with Crippen molar-refractivity contribution in [3.63, 3.8) is 0 Å². The van der Waals surface area contributed by atoms with E-state index >= 15 is 0 Å². The van der Waals surface area contributed by atoms with Crippen LogP contribution in [0.15, 0.2) is 4.99 Å². The number of amides is 12. The van der Waals surface area contributed by atoms with E-state index in [1.165, 1.54) is 20.8 Å². The first-order valence-electron chi connectivity index (χ1n) is 28.0. The number of aliphatic hydroxyl groups is 1. The minimum absolute atomic E-state index is 0.00410. The summed E-state index contributed by atoms with van der Waals surface area (Å²) in [7, 11) is 0. The Hall–Kier alpha value is -8.45. The van der Waals surface area contributed by atoms with Crippen LogP contribution in [0.1, 0.15) is 119 Å². The van der Waals surface area contributed by atoms with Gasteiger partial charge in [-0.2, -0.15) is 12.6 Å². The Morgan fingerprint density at radius 2 is 0.875 bits per heavy atom. The zero-order valence-electron chi connectivity index (χ0n) is 50.0. The molecule has 26 N–H and O–H groups in total. The van der Waals surface area contributed by atoms with Crippen molar-refractivity contribution in [3.05, 3.63) is 0 Å². The van der Waals surface area contributed by atoms with E-state index in [4.69, 9.17) is 34.4 Å². The summed E-state index contributed by atoms with van der Waals surface area (Å²) in [5, 5.41) is 62.3. The summed E-state index contributed by atoms with van der Waals surface area (Å²) in [4.78, 5) is 200. The minimum atomic E-state index is -2.05. The molecule has 12 amide bonds. The van der Waals surface area contributed by atoms with Gasteiger partial charge in [0, 0.05) is 25.1 Å². The second kappa shape index (κ2) is 40.8. The number of carbonyl (C=O) groups is 15. The van der Waals surface area contributed by atoms with Gasteiger partial charge in [-0.3, -0.25) is 72.1 Å². The quantitative estimate of drug-likeness (QED) is 0.0117. The molecule has 36 nitrogen and oxygen atoms in total. The van der Waals surface area contributed by atoms with Crippen molar-refractivity contribution in [1.82, 2.24) is 53.2 Å². The third-order valence-electron chi connectivity index (χ3n) is 12.7. The van der Waals surface area contributed by atoms with E-state index in [0.29, 0.717) is 12.8 Å². The lowest BCUT2D eigenvalue weighted by Crippen LogP contribution is -2.63. The van der Waals surface area contributed by atoms with E-state index in [9.17, 15) is 92.3 Å². The third kappa shape index (κ3) is 31.8. The molecule has 0 aromatic carbocycles. The number of carboxylic acids is 3. The van der Waals surface area contributed by atoms with Crippen molar-refractivity contribution in [2.75, 3.05) is 18.8 Å². The lowest BCUT2D eigenvalue weighted by molar-refractivity contribution is -0.143. The van der Waals surface area contributed by atoms with E-state index < -0.39 is 212 Å². The minimum Gasteiger partial charge on any atom is -0.481 e. The molecule has 88 heavy (non-hydrogen) atoms. The number of nitrogens with zero attached hydrogens (tertiary/aromatic N) is 1. The molecule has 0 rings (SSSR count). The van der Waals surface area contributed by atoms with Crippen molar-refractivity contribution in [3.8, 4) is 0 Å². The SMILES string of the molecule is CC(C)C[C@H](N)C(=O)N[C@@H](C)C(=O)N[C@@H](CCCCN)C(=O)N[C@@H](CCC(=O)O)C(=O)N[C@@H](CC(N)=O)C(=O)N[C@H](C(=O)N[C@H](C(=O)N[C@@H](CCC(N)=O)C(=O)N[C@@H](CC(=O)O)C(=O)N[C@@H](CCCN=C(N)N)C(=O)N[C@@H](CS)C(=O)O)[C@@H](C)O)C(C)C. The lowest BCUT2D eigenvalue weighted by Gasteiger charge is -2.29. The fraction of sp³-hybridized carbons (Fsp3) is 0.686. The number of guanidine groups is 1. The van der Waals surface area contributed by atoms with Crippen molar-refractivity contribution in [2.24, 2.45) is 51.2 Å². The molecule has 0 heterocycles. The fourth-order valence-corrected chi connectivity index (χ4v) is 8.21. The maximum atomic E-state index is 14.0. The van der Waals surface area contributed by atoms with Gasteiger partial charge in [0.25, 0.3) is 0 Å². The smallest absolute Gasteiger partial charge is 0.327 e. The van der Waals surface area contributed by atoms with Crippen LogP contribution in [0, 0.1) is 11.8 Å². The predicted octanol–water partition coefficient (Wildman–Crippen LogP) is -8.06. The van der Waals surface area contributed by atoms with Gasteiger partial charge in [-0.15, -0.1) is 0 Å². The molecular weight excluding hydrogens is 1190 g/mol. The average molecular weight is 1280 g/mol. The number of unbranched alkanes of at least 4 members (excludes halogenated alkanes) is 1. The number of carboxylic acid groups (broad SMARTS) is 3. The second-order valence-electron chi connectivity index (χ2n) is 21.3. The number of hydrogen-bond acceptors (Lipinski definition) is 20. The molecule has 0 aromatic rings. The zero-order chi connectivity index (χ0) is 67.7. The normalized spacial score (nSPS) is 15.1. The Morgan fingerprint density at radius 1 is 0.455 bits per heavy atom. The summed E-state index contributed by atoms with van der Waals surface area (Å²) >= 11 is 3.89. The molecule has 498 valence electrons. The molecule has 0 fully saturated rings. The highest BCUT2D eigenvalue weighted by molar-refractivity contribution is 7.80. The lowest BCUT2D eigenvalue weighted by atomic mass is 10.0. The number of carbonyl (C=O) groups excluding carboxylic acids is 12. The van der Waals surface area contributed by atoms with Gasteiger partial charge in [-0.1, -0.05) is 27.7 Å². The Balaban J connectivity index is 6.84. The topological polar surface area (TPSA) is 626 Å². The number of aliphatic imine (C=N–C) groups is 1. The van der Waals surface area contributed by atoms with Crippen LogP contribution in [0.3, 0.4) is 0 Å². The van der Waals surface area contributed by atoms with Crippen molar-refractivity contribution >= 4 is 107 Å². The highest BCUT2D eigenvalue weighted by Crippen LogP contribution is 2.11. The predicted molar refractivity (Wildman–Crippen MR) is 315 cm³/mol. The van der Waals surface area contributed by atoms with E-state index in [2.05, 4.69) is 70.8 Å². The molecule has 0 spiro atoms. The largest absolute Gasteiger partial charge is 0.481 e. The number of thiol groups is 1. The fourth-order valence-electron chi connectivity index (χ4n) is 7.96. The third-order valence-corrected chi connectivity index (χ3v) is 13.1. The van der Waals surface area contributed by atoms with Crippen molar-refractivity contribution < 1.29 is 92.3 Å². The molecule has 0 bridgehead atoms. The van der Waals surface area contributed by atoms with Crippen LogP contribution in [0.2, 0.25) is 0 Å². The number of aliphatic hydroxyl groups excluding tert-OH is 1. The van der Waals surface area contributed by atoms with Crippen LogP contribution < -0.4 is 87.6 Å². The summed E-state index contributed by atoms with van der Waals surface area (Å²) in [5.74, 6) is -19.7. The molecule has 0 aliphatic carbocycles. The van der Waals surface area contributed by atoms with Crippen LogP contribution in [-0.4, -0.2) is 207 Å². The first-order chi connectivity index (χ1) is 40.9. The van der Waals surface area contributed by atoms with Crippen molar-refractivity contribution in [2.45, 2.75) is 191 Å². The number of nitrogens with two attached hydrogens (primary N) is 6. The molecule has 0 aliphatic rings. The summed E-state index contributed by atoms with van der Waals surface area (Å²) in [6, 6.07) is -18.1. The summed E-state index contributed by atoms with van der Waals surface area (Å²) in [5.41, 5.74) is 33.0. The average Bonchev–Trinajstić information content (AvgIpc) is 3.44. The molecular formula is C51H89N17O19S. The Morgan fingerprint density at radius 3 is 1.31 bits per heavy atom. The number of hydrogen-bond donors (Lipinski definition) is 21. The second-order valence-corrected chi connectivity index (χ2v) is 21.7. The molecule has 0 radical (unpaired) electrons. The number of aliphatic carboxylic acids is 3. The highest BCUT2D eigenvalue weighted by Gasteiger charge is 2.38. The number of rotatable bonds is 44. The van der Waals surface area contributed by atoms with Gasteiger partial charge in [0.05, 0.1) is 25.0 Å². The molecule has 12 atom stereocenters. The van der Waals surface area contributed by atoms with E-state index in [1.807, 2.05) is 13.8 Å². The number of primary amides is 2.